The molecule has 0 saturated carbocycles. The van der Waals surface area contributed by atoms with Gasteiger partial charge in [-0.15, -0.1) is 11.3 Å². The van der Waals surface area contributed by atoms with Crippen molar-refractivity contribution in [1.29, 1.82) is 0 Å². The molecule has 150 valence electrons. The smallest absolute Gasteiger partial charge is 0.242 e. The van der Waals surface area contributed by atoms with Crippen LogP contribution in [0.15, 0.2) is 60.2 Å². The Morgan fingerprint density at radius 3 is 2.55 bits per heavy atom. The molecule has 7 heteroatoms. The lowest BCUT2D eigenvalue weighted by molar-refractivity contribution is -0.127. The molecule has 1 amide bonds. The first-order valence-electron chi connectivity index (χ1n) is 9.81. The van der Waals surface area contributed by atoms with Crippen LogP contribution >= 0.6 is 11.3 Å². The molecule has 0 bridgehead atoms. The number of hydrogen-bond donors (Lipinski definition) is 1. The number of thiazole rings is 1. The number of piperazine rings is 1. The number of likely N-dealkylation sites (N-methyl/N-ethyl adjacent to an activating group) is 1. The average Bonchev–Trinajstić information content (AvgIpc) is 3.24. The Balaban J connectivity index is 1.45. The number of carbonyl (C=O) groups excluding carboxylic acids is 1. The molecule has 1 atom stereocenters. The fourth-order valence-corrected chi connectivity index (χ4v) is 4.29. The van der Waals surface area contributed by atoms with Crippen LogP contribution in [0.4, 0.5) is 0 Å². The van der Waals surface area contributed by atoms with Crippen molar-refractivity contribution in [1.82, 2.24) is 25.1 Å². The normalized spacial score (nSPS) is 16.4. The first-order chi connectivity index (χ1) is 14.2. The highest BCUT2D eigenvalue weighted by Gasteiger charge is 2.29. The molecule has 3 aromatic rings. The number of nitrogens with zero attached hydrogens (tertiary/aromatic N) is 4. The summed E-state index contributed by atoms with van der Waals surface area (Å²) < 4.78 is 0. The number of nitrogens with one attached hydrogen (secondary N) is 1. The Hall–Kier alpha value is -2.61. The number of benzene rings is 1. The summed E-state index contributed by atoms with van der Waals surface area (Å²) in [6.07, 6.45) is 3.52. The molecule has 0 radical (unpaired) electrons. The van der Waals surface area contributed by atoms with Crippen molar-refractivity contribution in [2.24, 2.45) is 0 Å². The Labute approximate surface area is 175 Å². The molecule has 1 aliphatic heterocycles. The van der Waals surface area contributed by atoms with E-state index < -0.39 is 0 Å². The van der Waals surface area contributed by atoms with Crippen molar-refractivity contribution < 1.29 is 4.79 Å². The van der Waals surface area contributed by atoms with E-state index in [0.29, 0.717) is 6.54 Å². The van der Waals surface area contributed by atoms with Gasteiger partial charge in [-0.1, -0.05) is 30.3 Å². The fraction of sp³-hybridized carbons (Fsp3) is 0.318. The van der Waals surface area contributed by atoms with Crippen LogP contribution in [0.25, 0.3) is 11.3 Å². The van der Waals surface area contributed by atoms with Crippen molar-refractivity contribution in [3.05, 3.63) is 70.8 Å². The van der Waals surface area contributed by atoms with E-state index in [4.69, 9.17) is 0 Å². The standard InChI is InChI=1S/C22H25N5OS/c1-26-11-13-27(14-12-26)21(18-5-3-2-4-6-18)22(28)24-15-20-25-19(16-29-20)17-7-9-23-10-8-17/h2-10,16,21H,11-15H2,1H3,(H,24,28). The minimum absolute atomic E-state index is 0.0291. The van der Waals surface area contributed by atoms with E-state index in [-0.39, 0.29) is 11.9 Å². The van der Waals surface area contributed by atoms with Gasteiger partial charge in [0.1, 0.15) is 11.0 Å². The van der Waals surface area contributed by atoms with Crippen LogP contribution in [-0.2, 0) is 11.3 Å². The molecule has 3 heterocycles. The lowest BCUT2D eigenvalue weighted by atomic mass is 10.0. The molecule has 0 spiro atoms. The average molecular weight is 408 g/mol. The molecule has 1 fully saturated rings. The van der Waals surface area contributed by atoms with Crippen LogP contribution in [-0.4, -0.2) is 58.9 Å². The van der Waals surface area contributed by atoms with Crippen molar-refractivity contribution in [2.75, 3.05) is 33.2 Å². The minimum Gasteiger partial charge on any atom is -0.348 e. The van der Waals surface area contributed by atoms with E-state index in [1.54, 1.807) is 23.7 Å². The summed E-state index contributed by atoms with van der Waals surface area (Å²) in [6.45, 7) is 4.14. The summed E-state index contributed by atoms with van der Waals surface area (Å²) in [5.74, 6) is 0.0291. The lowest BCUT2D eigenvalue weighted by Gasteiger charge is -2.37. The van der Waals surface area contributed by atoms with Crippen LogP contribution < -0.4 is 5.32 Å². The van der Waals surface area contributed by atoms with Gasteiger partial charge in [-0.2, -0.15) is 0 Å². The topological polar surface area (TPSA) is 61.4 Å². The second kappa shape index (κ2) is 9.26. The third kappa shape index (κ3) is 4.87. The summed E-state index contributed by atoms with van der Waals surface area (Å²) in [4.78, 5) is 26.5. The zero-order valence-electron chi connectivity index (χ0n) is 16.5. The second-order valence-corrected chi connectivity index (χ2v) is 8.18. The molecule has 6 nitrogen and oxygen atoms in total. The number of rotatable bonds is 6. The van der Waals surface area contributed by atoms with Gasteiger partial charge in [0, 0.05) is 49.5 Å². The van der Waals surface area contributed by atoms with Gasteiger partial charge < -0.3 is 10.2 Å². The number of carbonyl (C=O) groups is 1. The lowest BCUT2D eigenvalue weighted by Crippen LogP contribution is -2.49. The summed E-state index contributed by atoms with van der Waals surface area (Å²) >= 11 is 1.56. The van der Waals surface area contributed by atoms with Crippen molar-refractivity contribution in [2.45, 2.75) is 12.6 Å². The third-order valence-corrected chi connectivity index (χ3v) is 6.06. The van der Waals surface area contributed by atoms with Gasteiger partial charge in [-0.25, -0.2) is 4.98 Å². The number of aromatic nitrogens is 2. The van der Waals surface area contributed by atoms with Crippen LogP contribution in [0.5, 0.6) is 0 Å². The van der Waals surface area contributed by atoms with Crippen molar-refractivity contribution in [3.63, 3.8) is 0 Å². The molecule has 1 saturated heterocycles. The van der Waals surface area contributed by atoms with Crippen LogP contribution in [0.3, 0.4) is 0 Å². The van der Waals surface area contributed by atoms with E-state index in [2.05, 4.69) is 32.1 Å². The highest BCUT2D eigenvalue weighted by molar-refractivity contribution is 7.09. The second-order valence-electron chi connectivity index (χ2n) is 7.23. The number of pyridine rings is 1. The van der Waals surface area contributed by atoms with Crippen molar-refractivity contribution >= 4 is 17.2 Å². The Morgan fingerprint density at radius 2 is 1.83 bits per heavy atom. The van der Waals surface area contributed by atoms with Gasteiger partial charge in [0.25, 0.3) is 0 Å². The van der Waals surface area contributed by atoms with Crippen LogP contribution in [0, 0.1) is 0 Å². The van der Waals surface area contributed by atoms with Crippen LogP contribution in [0.2, 0.25) is 0 Å². The molecular weight excluding hydrogens is 382 g/mol. The van der Waals surface area contributed by atoms with Gasteiger partial charge in [0.15, 0.2) is 0 Å². The Morgan fingerprint density at radius 1 is 1.10 bits per heavy atom. The Bertz CT molecular complexity index is 923. The predicted molar refractivity (Wildman–Crippen MR) is 115 cm³/mol. The first-order valence-corrected chi connectivity index (χ1v) is 10.7. The van der Waals surface area contributed by atoms with E-state index in [9.17, 15) is 4.79 Å². The predicted octanol–water partition coefficient (Wildman–Crippen LogP) is 2.81. The van der Waals surface area contributed by atoms with E-state index >= 15 is 0 Å². The summed E-state index contributed by atoms with van der Waals surface area (Å²) in [5, 5.41) is 6.03. The molecule has 0 aliphatic carbocycles. The van der Waals surface area contributed by atoms with Crippen LogP contribution in [0.1, 0.15) is 16.6 Å². The third-order valence-electron chi connectivity index (χ3n) is 5.21. The maximum Gasteiger partial charge on any atom is 0.242 e. The zero-order valence-corrected chi connectivity index (χ0v) is 17.3. The molecule has 1 unspecified atom stereocenters. The highest BCUT2D eigenvalue weighted by atomic mass is 32.1. The minimum atomic E-state index is -0.274. The van der Waals surface area contributed by atoms with Gasteiger partial charge in [0.05, 0.1) is 12.2 Å². The van der Waals surface area contributed by atoms with Gasteiger partial charge in [0.2, 0.25) is 5.91 Å². The van der Waals surface area contributed by atoms with E-state index in [1.165, 1.54) is 0 Å². The SMILES string of the molecule is CN1CCN(C(C(=O)NCc2nc(-c3ccncc3)cs2)c2ccccc2)CC1. The largest absolute Gasteiger partial charge is 0.348 e. The van der Waals surface area contributed by atoms with Gasteiger partial charge >= 0.3 is 0 Å². The zero-order chi connectivity index (χ0) is 20.1. The van der Waals surface area contributed by atoms with E-state index in [1.807, 2.05) is 47.8 Å². The molecule has 1 N–H and O–H groups in total. The van der Waals surface area contributed by atoms with Crippen molar-refractivity contribution in [3.8, 4) is 11.3 Å². The summed E-state index contributed by atoms with van der Waals surface area (Å²) in [5.41, 5.74) is 2.99. The maximum atomic E-state index is 13.2. The van der Waals surface area contributed by atoms with Gasteiger partial charge in [-0.3, -0.25) is 14.7 Å². The number of hydrogen-bond acceptors (Lipinski definition) is 6. The molecule has 29 heavy (non-hydrogen) atoms. The van der Waals surface area contributed by atoms with Gasteiger partial charge in [-0.05, 0) is 24.7 Å². The highest BCUT2D eigenvalue weighted by Crippen LogP contribution is 2.24. The molecule has 4 rings (SSSR count). The monoisotopic (exact) mass is 407 g/mol. The number of amides is 1. The molecule has 1 aliphatic rings. The Kier molecular flexibility index (Phi) is 6.29. The quantitative estimate of drug-likeness (QED) is 0.681. The van der Waals surface area contributed by atoms with E-state index in [0.717, 1.165) is 48.0 Å². The molecule has 2 aromatic heterocycles. The summed E-state index contributed by atoms with van der Waals surface area (Å²) in [7, 11) is 2.12. The maximum absolute atomic E-state index is 13.2. The molecule has 1 aromatic carbocycles. The first kappa shape index (κ1) is 19.7. The fourth-order valence-electron chi connectivity index (χ4n) is 3.55. The summed E-state index contributed by atoms with van der Waals surface area (Å²) in [6, 6.07) is 13.7. The molecular formula is C22H25N5OS.